The second-order valence-electron chi connectivity index (χ2n) is 3.96. The van der Waals surface area contributed by atoms with Crippen LogP contribution >= 0.6 is 11.8 Å². The fourth-order valence-electron chi connectivity index (χ4n) is 1.08. The maximum Gasteiger partial charge on any atom is 0.130 e. The second kappa shape index (κ2) is 8.10. The van der Waals surface area contributed by atoms with E-state index in [1.165, 1.54) is 11.3 Å². The molecule has 82 valence electrons. The van der Waals surface area contributed by atoms with Gasteiger partial charge in [-0.15, -0.1) is 0 Å². The summed E-state index contributed by atoms with van der Waals surface area (Å²) < 4.78 is 0. The summed E-state index contributed by atoms with van der Waals surface area (Å²) >= 11 is 1.99. The van der Waals surface area contributed by atoms with E-state index < -0.39 is 0 Å². The molecule has 0 aliphatic heterocycles. The third-order valence-corrected chi connectivity index (χ3v) is 3.04. The molecule has 1 nitrogen and oxygen atoms in total. The number of allylic oxidation sites excluding steroid dienone is 2. The number of carbonyl (C=O) groups excluding carboxylic acids is 1. The molecule has 0 saturated carbocycles. The van der Waals surface area contributed by atoms with Crippen LogP contribution in [0.1, 0.15) is 47.0 Å². The Kier molecular flexibility index (Phi) is 7.96. The molecule has 0 heterocycles. The predicted molar refractivity (Wildman–Crippen MR) is 65.9 cm³/mol. The normalized spacial score (nSPS) is 12.2. The Hall–Kier alpha value is -0.240. The molecule has 0 aliphatic carbocycles. The van der Waals surface area contributed by atoms with E-state index >= 15 is 0 Å². The van der Waals surface area contributed by atoms with Crippen LogP contribution in [-0.2, 0) is 4.79 Å². The number of carbonyl (C=O) groups is 1. The van der Waals surface area contributed by atoms with Gasteiger partial charge in [-0.1, -0.05) is 25.5 Å². The number of rotatable bonds is 7. The zero-order chi connectivity index (χ0) is 11.0. The van der Waals surface area contributed by atoms with Crippen LogP contribution in [0.25, 0.3) is 0 Å². The van der Waals surface area contributed by atoms with Gasteiger partial charge in [0.2, 0.25) is 0 Å². The number of hydrogen-bond donors (Lipinski definition) is 0. The van der Waals surface area contributed by atoms with Gasteiger partial charge in [-0.3, -0.25) is 0 Å². The standard InChI is InChI=1S/C12H22OS/c1-10(2)14-9-8-11(3)6-5-7-12(4)13/h6,10H,5,7-9H2,1-4H3/b11-6+. The molecule has 0 N–H and O–H groups in total. The summed E-state index contributed by atoms with van der Waals surface area (Å²) in [6.07, 6.45) is 4.95. The molecule has 14 heavy (non-hydrogen) atoms. The third-order valence-electron chi connectivity index (χ3n) is 1.94. The highest BCUT2D eigenvalue weighted by atomic mass is 32.2. The summed E-state index contributed by atoms with van der Waals surface area (Å²) in [4.78, 5) is 10.7. The molecule has 0 fully saturated rings. The SMILES string of the molecule is CC(=O)CC/C=C(\C)CCSC(C)C. The topological polar surface area (TPSA) is 17.1 Å². The first-order chi connectivity index (χ1) is 6.52. The van der Waals surface area contributed by atoms with E-state index in [0.717, 1.165) is 18.1 Å². The first-order valence-corrected chi connectivity index (χ1v) is 6.34. The molecule has 0 aromatic heterocycles. The second-order valence-corrected chi connectivity index (χ2v) is 5.65. The Bertz CT molecular complexity index is 194. The fraction of sp³-hybridized carbons (Fsp3) is 0.750. The lowest BCUT2D eigenvalue weighted by atomic mass is 10.1. The molecule has 0 aromatic carbocycles. The van der Waals surface area contributed by atoms with Crippen LogP contribution in [0.15, 0.2) is 11.6 Å². The van der Waals surface area contributed by atoms with Crippen LogP contribution in [0.2, 0.25) is 0 Å². The van der Waals surface area contributed by atoms with E-state index in [2.05, 4.69) is 26.8 Å². The van der Waals surface area contributed by atoms with Crippen LogP contribution in [0.5, 0.6) is 0 Å². The van der Waals surface area contributed by atoms with Gasteiger partial charge >= 0.3 is 0 Å². The van der Waals surface area contributed by atoms with Crippen LogP contribution in [-0.4, -0.2) is 16.8 Å². The summed E-state index contributed by atoms with van der Waals surface area (Å²) in [5.41, 5.74) is 1.42. The van der Waals surface area contributed by atoms with E-state index in [1.807, 2.05) is 11.8 Å². The van der Waals surface area contributed by atoms with Crippen LogP contribution in [0.4, 0.5) is 0 Å². The maximum absolute atomic E-state index is 10.7. The Balaban J connectivity index is 3.51. The zero-order valence-corrected chi connectivity index (χ0v) is 10.6. The van der Waals surface area contributed by atoms with E-state index in [1.54, 1.807) is 6.92 Å². The van der Waals surface area contributed by atoms with Gasteiger partial charge in [0.15, 0.2) is 0 Å². The van der Waals surface area contributed by atoms with Gasteiger partial charge in [0.05, 0.1) is 0 Å². The van der Waals surface area contributed by atoms with Crippen molar-refractivity contribution < 1.29 is 4.79 Å². The summed E-state index contributed by atoms with van der Waals surface area (Å²) in [7, 11) is 0. The third kappa shape index (κ3) is 9.85. The molecule has 2 heteroatoms. The molecule has 0 amide bonds. The quantitative estimate of drug-likeness (QED) is 0.599. The largest absolute Gasteiger partial charge is 0.300 e. The van der Waals surface area contributed by atoms with E-state index in [0.29, 0.717) is 6.42 Å². The van der Waals surface area contributed by atoms with Crippen molar-refractivity contribution in [1.82, 2.24) is 0 Å². The monoisotopic (exact) mass is 214 g/mol. The molecule has 0 atom stereocenters. The minimum Gasteiger partial charge on any atom is -0.300 e. The van der Waals surface area contributed by atoms with Crippen molar-refractivity contribution in [3.05, 3.63) is 11.6 Å². The van der Waals surface area contributed by atoms with Gasteiger partial charge in [-0.05, 0) is 37.7 Å². The molecule has 0 aliphatic rings. The number of hydrogen-bond acceptors (Lipinski definition) is 2. The van der Waals surface area contributed by atoms with Gasteiger partial charge in [-0.2, -0.15) is 11.8 Å². The van der Waals surface area contributed by atoms with Crippen molar-refractivity contribution in [2.24, 2.45) is 0 Å². The lowest BCUT2D eigenvalue weighted by Crippen LogP contribution is -1.91. The minimum absolute atomic E-state index is 0.283. The lowest BCUT2D eigenvalue weighted by Gasteiger charge is -2.04. The van der Waals surface area contributed by atoms with Gasteiger partial charge in [0, 0.05) is 6.42 Å². The van der Waals surface area contributed by atoms with Gasteiger partial charge in [-0.25, -0.2) is 0 Å². The van der Waals surface area contributed by atoms with Crippen LogP contribution in [0.3, 0.4) is 0 Å². The van der Waals surface area contributed by atoms with Crippen molar-refractivity contribution in [2.75, 3.05) is 5.75 Å². The number of thioether (sulfide) groups is 1. The molecular formula is C12H22OS. The highest BCUT2D eigenvalue weighted by molar-refractivity contribution is 7.99. The zero-order valence-electron chi connectivity index (χ0n) is 9.80. The molecule has 0 rings (SSSR count). The number of Topliss-reactive ketones (excluding diaryl/α,β-unsaturated/α-hetero) is 1. The smallest absolute Gasteiger partial charge is 0.130 e. The molecule has 0 spiro atoms. The number of ketones is 1. The van der Waals surface area contributed by atoms with Crippen molar-refractivity contribution in [2.45, 2.75) is 52.2 Å². The van der Waals surface area contributed by atoms with Crippen molar-refractivity contribution in [3.63, 3.8) is 0 Å². The molecule has 0 bridgehead atoms. The summed E-state index contributed by atoms with van der Waals surface area (Å²) in [6.45, 7) is 8.25. The predicted octanol–water partition coefficient (Wildman–Crippen LogP) is 3.83. The molecule has 0 aromatic rings. The lowest BCUT2D eigenvalue weighted by molar-refractivity contribution is -0.116. The molecular weight excluding hydrogens is 192 g/mol. The minimum atomic E-state index is 0.283. The van der Waals surface area contributed by atoms with E-state index in [-0.39, 0.29) is 5.78 Å². The van der Waals surface area contributed by atoms with Crippen LogP contribution < -0.4 is 0 Å². The van der Waals surface area contributed by atoms with Crippen molar-refractivity contribution in [1.29, 1.82) is 0 Å². The Morgan fingerprint density at radius 2 is 1.93 bits per heavy atom. The fourth-order valence-corrected chi connectivity index (χ4v) is 1.99. The average Bonchev–Trinajstić information content (AvgIpc) is 2.02. The van der Waals surface area contributed by atoms with E-state index in [4.69, 9.17) is 0 Å². The average molecular weight is 214 g/mol. The first kappa shape index (κ1) is 13.8. The highest BCUT2D eigenvalue weighted by Gasteiger charge is 1.96. The maximum atomic E-state index is 10.7. The molecule has 0 saturated heterocycles. The molecule has 0 radical (unpaired) electrons. The van der Waals surface area contributed by atoms with Gasteiger partial charge < -0.3 is 4.79 Å². The van der Waals surface area contributed by atoms with Gasteiger partial charge in [0.1, 0.15) is 5.78 Å². The summed E-state index contributed by atoms with van der Waals surface area (Å²) in [5.74, 6) is 1.48. The molecule has 0 unspecified atom stereocenters. The highest BCUT2D eigenvalue weighted by Crippen LogP contribution is 2.14. The van der Waals surface area contributed by atoms with Crippen LogP contribution in [0, 0.1) is 0 Å². The first-order valence-electron chi connectivity index (χ1n) is 5.29. The summed E-state index contributed by atoms with van der Waals surface area (Å²) in [6, 6.07) is 0. The van der Waals surface area contributed by atoms with Gasteiger partial charge in [0.25, 0.3) is 0 Å². The Labute approximate surface area is 92.3 Å². The Morgan fingerprint density at radius 3 is 2.43 bits per heavy atom. The van der Waals surface area contributed by atoms with Crippen molar-refractivity contribution >= 4 is 17.5 Å². The van der Waals surface area contributed by atoms with E-state index in [9.17, 15) is 4.79 Å². The Morgan fingerprint density at radius 1 is 1.29 bits per heavy atom. The summed E-state index contributed by atoms with van der Waals surface area (Å²) in [5, 5.41) is 0.722. The van der Waals surface area contributed by atoms with Crippen molar-refractivity contribution in [3.8, 4) is 0 Å².